The lowest BCUT2D eigenvalue weighted by Gasteiger charge is -2.25. The van der Waals surface area contributed by atoms with Gasteiger partial charge in [-0.1, -0.05) is 19.9 Å². The van der Waals surface area contributed by atoms with Crippen LogP contribution < -0.4 is 10.1 Å². The van der Waals surface area contributed by atoms with Gasteiger partial charge in [0.15, 0.2) is 6.10 Å². The van der Waals surface area contributed by atoms with Crippen LogP contribution in [-0.4, -0.2) is 43.1 Å². The number of aryl methyl sites for hydroxylation is 1. The first-order valence-corrected chi connectivity index (χ1v) is 9.72. The predicted molar refractivity (Wildman–Crippen MR) is 101 cm³/mol. The Morgan fingerprint density at radius 3 is 2.36 bits per heavy atom. The molecule has 138 valence electrons. The van der Waals surface area contributed by atoms with Crippen molar-refractivity contribution in [3.8, 4) is 5.75 Å². The summed E-state index contributed by atoms with van der Waals surface area (Å²) in [5, 5.41) is 3.48. The summed E-state index contributed by atoms with van der Waals surface area (Å²) in [7, 11) is 0. The molecular weight excluding hydrogens is 312 g/mol. The van der Waals surface area contributed by atoms with Crippen molar-refractivity contribution in [2.45, 2.75) is 52.6 Å². The van der Waals surface area contributed by atoms with Gasteiger partial charge < -0.3 is 15.0 Å². The van der Waals surface area contributed by atoms with Crippen molar-refractivity contribution in [2.24, 2.45) is 11.8 Å². The van der Waals surface area contributed by atoms with Crippen molar-refractivity contribution in [3.63, 3.8) is 0 Å². The van der Waals surface area contributed by atoms with Crippen molar-refractivity contribution >= 4 is 5.91 Å². The first-order chi connectivity index (χ1) is 12.0. The molecule has 1 unspecified atom stereocenters. The van der Waals surface area contributed by atoms with Crippen LogP contribution in [-0.2, 0) is 4.79 Å². The van der Waals surface area contributed by atoms with E-state index in [1.807, 2.05) is 17.9 Å². The summed E-state index contributed by atoms with van der Waals surface area (Å²) >= 11 is 0. The maximum atomic E-state index is 12.8. The van der Waals surface area contributed by atoms with Crippen LogP contribution in [0, 0.1) is 18.8 Å². The second-order valence-corrected chi connectivity index (χ2v) is 8.01. The van der Waals surface area contributed by atoms with E-state index in [4.69, 9.17) is 4.74 Å². The number of benzene rings is 1. The Morgan fingerprint density at radius 2 is 1.80 bits per heavy atom. The van der Waals surface area contributed by atoms with Gasteiger partial charge in [-0.25, -0.2) is 0 Å². The van der Waals surface area contributed by atoms with Crippen molar-refractivity contribution in [1.82, 2.24) is 10.2 Å². The third-order valence-electron chi connectivity index (χ3n) is 5.85. The smallest absolute Gasteiger partial charge is 0.263 e. The molecule has 1 amide bonds. The standard InChI is InChI=1S/C21H32N2O2/c1-14(2)20-6-5-19(11-15(20)3)25-16(4)21(24)23-9-7-17-12-22-13-18(17)8-10-23/h5-6,11,14,16-18,22H,7-10,12-13H2,1-4H3/t16?,17-,18+. The predicted octanol–water partition coefficient (Wildman–Crippen LogP) is 3.34. The lowest BCUT2D eigenvalue weighted by Crippen LogP contribution is -2.41. The minimum Gasteiger partial charge on any atom is -0.481 e. The molecule has 3 atom stereocenters. The number of likely N-dealkylation sites (tertiary alicyclic amines) is 1. The van der Waals surface area contributed by atoms with Gasteiger partial charge in [0.05, 0.1) is 0 Å². The number of hydrogen-bond acceptors (Lipinski definition) is 3. The Balaban J connectivity index is 1.60. The summed E-state index contributed by atoms with van der Waals surface area (Å²) in [4.78, 5) is 14.8. The Labute approximate surface area is 151 Å². The molecule has 2 fully saturated rings. The van der Waals surface area contributed by atoms with Crippen LogP contribution in [0.3, 0.4) is 0 Å². The van der Waals surface area contributed by atoms with Gasteiger partial charge in [-0.2, -0.15) is 0 Å². The maximum Gasteiger partial charge on any atom is 0.263 e. The molecule has 2 heterocycles. The average Bonchev–Trinajstić information content (AvgIpc) is 2.92. The fourth-order valence-corrected chi connectivity index (χ4v) is 4.32. The molecular formula is C21H32N2O2. The number of hydrogen-bond donors (Lipinski definition) is 1. The molecule has 0 spiro atoms. The Kier molecular flexibility index (Phi) is 5.67. The zero-order valence-electron chi connectivity index (χ0n) is 16.0. The minimum absolute atomic E-state index is 0.124. The van der Waals surface area contributed by atoms with Crippen LogP contribution in [0.5, 0.6) is 5.75 Å². The highest BCUT2D eigenvalue weighted by atomic mass is 16.5. The van der Waals surface area contributed by atoms with Crippen molar-refractivity contribution in [3.05, 3.63) is 29.3 Å². The van der Waals surface area contributed by atoms with Gasteiger partial charge in [0.1, 0.15) is 5.75 Å². The highest BCUT2D eigenvalue weighted by Crippen LogP contribution is 2.28. The number of amides is 1. The zero-order chi connectivity index (χ0) is 18.0. The van der Waals surface area contributed by atoms with Gasteiger partial charge in [-0.15, -0.1) is 0 Å². The van der Waals surface area contributed by atoms with Crippen molar-refractivity contribution in [2.75, 3.05) is 26.2 Å². The number of nitrogens with zero attached hydrogens (tertiary/aromatic N) is 1. The second-order valence-electron chi connectivity index (χ2n) is 8.01. The van der Waals surface area contributed by atoms with Gasteiger partial charge >= 0.3 is 0 Å². The van der Waals surface area contributed by atoms with Crippen LogP contribution in [0.4, 0.5) is 0 Å². The molecule has 0 aromatic heterocycles. The molecule has 1 aromatic carbocycles. The molecule has 3 rings (SSSR count). The van der Waals surface area contributed by atoms with E-state index in [9.17, 15) is 4.79 Å². The van der Waals surface area contributed by atoms with Crippen LogP contribution in [0.25, 0.3) is 0 Å². The SMILES string of the molecule is Cc1cc(OC(C)C(=O)N2CC[C@@H]3CNC[C@@H]3CC2)ccc1C(C)C. The summed E-state index contributed by atoms with van der Waals surface area (Å²) in [6.45, 7) is 12.3. The Bertz CT molecular complexity index is 600. The van der Waals surface area contributed by atoms with Gasteiger partial charge in [0, 0.05) is 13.1 Å². The number of carbonyl (C=O) groups excluding carboxylic acids is 1. The highest BCUT2D eigenvalue weighted by molar-refractivity contribution is 5.81. The van der Waals surface area contributed by atoms with Crippen LogP contribution in [0.2, 0.25) is 0 Å². The molecule has 1 aromatic rings. The lowest BCUT2D eigenvalue weighted by molar-refractivity contribution is -0.137. The molecule has 1 N–H and O–H groups in total. The topological polar surface area (TPSA) is 41.6 Å². The van der Waals surface area contributed by atoms with E-state index in [2.05, 4.69) is 38.2 Å². The lowest BCUT2D eigenvalue weighted by atomic mass is 9.92. The molecule has 0 bridgehead atoms. The van der Waals surface area contributed by atoms with E-state index in [1.165, 1.54) is 11.1 Å². The minimum atomic E-state index is -0.430. The largest absolute Gasteiger partial charge is 0.481 e. The van der Waals surface area contributed by atoms with Crippen LogP contribution in [0.1, 0.15) is 50.7 Å². The summed E-state index contributed by atoms with van der Waals surface area (Å²) in [6.07, 6.45) is 1.79. The quantitative estimate of drug-likeness (QED) is 0.911. The molecule has 4 nitrogen and oxygen atoms in total. The van der Waals surface area contributed by atoms with Crippen LogP contribution in [0.15, 0.2) is 18.2 Å². The number of ether oxygens (including phenoxy) is 1. The number of fused-ring (bicyclic) bond motifs is 1. The third kappa shape index (κ3) is 4.17. The molecule has 2 saturated heterocycles. The molecule has 25 heavy (non-hydrogen) atoms. The maximum absolute atomic E-state index is 12.8. The first kappa shape index (κ1) is 18.2. The fraction of sp³-hybridized carbons (Fsp3) is 0.667. The monoisotopic (exact) mass is 344 g/mol. The molecule has 0 radical (unpaired) electrons. The number of carbonyl (C=O) groups is 1. The first-order valence-electron chi connectivity index (χ1n) is 9.72. The summed E-state index contributed by atoms with van der Waals surface area (Å²) in [5.74, 6) is 2.89. The van der Waals surface area contributed by atoms with Crippen molar-refractivity contribution in [1.29, 1.82) is 0 Å². The molecule has 0 saturated carbocycles. The summed E-state index contributed by atoms with van der Waals surface area (Å²) < 4.78 is 5.98. The number of rotatable bonds is 4. The van der Waals surface area contributed by atoms with Gasteiger partial charge in [0.2, 0.25) is 0 Å². The average molecular weight is 344 g/mol. The van der Waals surface area contributed by atoms with E-state index in [0.717, 1.165) is 56.6 Å². The van der Waals surface area contributed by atoms with Crippen LogP contribution >= 0.6 is 0 Å². The van der Waals surface area contributed by atoms with E-state index in [1.54, 1.807) is 0 Å². The molecule has 0 aliphatic carbocycles. The molecule has 2 aliphatic heterocycles. The third-order valence-corrected chi connectivity index (χ3v) is 5.85. The van der Waals surface area contributed by atoms with E-state index in [-0.39, 0.29) is 5.91 Å². The molecule has 4 heteroatoms. The van der Waals surface area contributed by atoms with E-state index < -0.39 is 6.10 Å². The Hall–Kier alpha value is -1.55. The molecule has 2 aliphatic rings. The van der Waals surface area contributed by atoms with Gasteiger partial charge in [-0.05, 0) is 80.8 Å². The fourth-order valence-electron chi connectivity index (χ4n) is 4.32. The van der Waals surface area contributed by atoms with Crippen molar-refractivity contribution < 1.29 is 9.53 Å². The highest BCUT2D eigenvalue weighted by Gasteiger charge is 2.32. The number of nitrogens with one attached hydrogen (secondary N) is 1. The second kappa shape index (κ2) is 7.77. The Morgan fingerprint density at radius 1 is 1.16 bits per heavy atom. The normalized spacial score (nSPS) is 24.8. The van der Waals surface area contributed by atoms with Gasteiger partial charge in [-0.3, -0.25) is 4.79 Å². The zero-order valence-corrected chi connectivity index (χ0v) is 16.0. The summed E-state index contributed by atoms with van der Waals surface area (Å²) in [5.41, 5.74) is 2.56. The van der Waals surface area contributed by atoms with E-state index >= 15 is 0 Å². The summed E-state index contributed by atoms with van der Waals surface area (Å²) in [6, 6.07) is 6.16. The van der Waals surface area contributed by atoms with E-state index in [0.29, 0.717) is 5.92 Å². The van der Waals surface area contributed by atoms with Gasteiger partial charge in [0.25, 0.3) is 5.91 Å².